The average molecular weight is 582 g/mol. The average Bonchev–Trinajstić information content (AvgIpc) is 2.99. The van der Waals surface area contributed by atoms with Crippen LogP contribution in [0.15, 0.2) is 85.1 Å². The zero-order valence-corrected chi connectivity index (χ0v) is 27.0. The summed E-state index contributed by atoms with van der Waals surface area (Å²) >= 11 is 0. The van der Waals surface area contributed by atoms with Gasteiger partial charge in [0.2, 0.25) is 5.91 Å². The molecule has 0 heterocycles. The molecule has 2 atom stereocenters. The van der Waals surface area contributed by atoms with Crippen LogP contribution in [-0.4, -0.2) is 34.9 Å². The second kappa shape index (κ2) is 33.1. The molecule has 4 heteroatoms. The monoisotopic (exact) mass is 581 g/mol. The summed E-state index contributed by atoms with van der Waals surface area (Å²) in [5, 5.41) is 22.8. The smallest absolute Gasteiger partial charge is 0.220 e. The Morgan fingerprint density at radius 3 is 1.64 bits per heavy atom. The molecule has 0 bridgehead atoms. The molecule has 0 aliphatic carbocycles. The van der Waals surface area contributed by atoms with E-state index in [-0.39, 0.29) is 12.5 Å². The summed E-state index contributed by atoms with van der Waals surface area (Å²) in [7, 11) is 0. The van der Waals surface area contributed by atoms with Gasteiger partial charge in [-0.15, -0.1) is 0 Å². The maximum absolute atomic E-state index is 12.3. The molecule has 0 aromatic rings. The van der Waals surface area contributed by atoms with E-state index in [1.54, 1.807) is 6.08 Å². The van der Waals surface area contributed by atoms with E-state index < -0.39 is 12.1 Å². The van der Waals surface area contributed by atoms with Gasteiger partial charge < -0.3 is 15.5 Å². The minimum absolute atomic E-state index is 0.125. The number of unbranched alkanes of at least 4 members (excludes halogenated alkanes) is 9. The molecule has 0 aliphatic rings. The van der Waals surface area contributed by atoms with Crippen molar-refractivity contribution in [3.8, 4) is 0 Å². The van der Waals surface area contributed by atoms with Crippen molar-refractivity contribution in [2.24, 2.45) is 0 Å². The molecule has 0 rings (SSSR count). The molecular formula is C38H63NO3. The predicted octanol–water partition coefficient (Wildman–Crippen LogP) is 9.78. The first-order chi connectivity index (χ1) is 20.7. The van der Waals surface area contributed by atoms with E-state index >= 15 is 0 Å². The van der Waals surface area contributed by atoms with E-state index in [4.69, 9.17) is 0 Å². The lowest BCUT2D eigenvalue weighted by Crippen LogP contribution is -2.45. The topological polar surface area (TPSA) is 69.6 Å². The fourth-order valence-corrected chi connectivity index (χ4v) is 4.26. The molecule has 3 N–H and O–H groups in total. The van der Waals surface area contributed by atoms with Crippen LogP contribution in [0.5, 0.6) is 0 Å². The van der Waals surface area contributed by atoms with Crippen LogP contribution in [0.1, 0.15) is 129 Å². The van der Waals surface area contributed by atoms with Crippen molar-refractivity contribution in [2.45, 2.75) is 142 Å². The highest BCUT2D eigenvalue weighted by Crippen LogP contribution is 2.07. The summed E-state index contributed by atoms with van der Waals surface area (Å²) in [4.78, 5) is 12.3. The van der Waals surface area contributed by atoms with Crippen LogP contribution in [0, 0.1) is 0 Å². The number of carbonyl (C=O) groups excluding carboxylic acids is 1. The first-order valence-corrected chi connectivity index (χ1v) is 16.8. The van der Waals surface area contributed by atoms with Crippen LogP contribution in [0.25, 0.3) is 0 Å². The summed E-state index contributed by atoms with van der Waals surface area (Å²) < 4.78 is 0. The van der Waals surface area contributed by atoms with Crippen molar-refractivity contribution >= 4 is 5.91 Å². The Hall–Kier alpha value is -2.43. The maximum Gasteiger partial charge on any atom is 0.220 e. The van der Waals surface area contributed by atoms with E-state index in [2.05, 4.69) is 92.1 Å². The Morgan fingerprint density at radius 1 is 0.595 bits per heavy atom. The largest absolute Gasteiger partial charge is 0.394 e. The summed E-state index contributed by atoms with van der Waals surface area (Å²) in [6, 6.07) is -0.669. The molecule has 0 radical (unpaired) electrons. The molecule has 0 aromatic carbocycles. The first kappa shape index (κ1) is 39.6. The lowest BCUT2D eigenvalue weighted by Gasteiger charge is -2.19. The lowest BCUT2D eigenvalue weighted by atomic mass is 10.1. The predicted molar refractivity (Wildman–Crippen MR) is 183 cm³/mol. The molecule has 0 spiro atoms. The summed E-state index contributed by atoms with van der Waals surface area (Å²) in [5.74, 6) is -0.125. The highest BCUT2D eigenvalue weighted by atomic mass is 16.3. The SMILES string of the molecule is CC/C=C\C/C=C\C/C=C\C/C=C\CCCCC(=O)NC(CO)C(O)/C=C/CC/C=C/CC/C=C/CCCCCCC. The summed E-state index contributed by atoms with van der Waals surface area (Å²) in [6.45, 7) is 4.11. The molecule has 0 fully saturated rings. The Labute approximate surface area is 259 Å². The van der Waals surface area contributed by atoms with E-state index in [1.807, 2.05) is 6.08 Å². The molecular weight excluding hydrogens is 518 g/mol. The quantitative estimate of drug-likeness (QED) is 0.0636. The minimum Gasteiger partial charge on any atom is -0.394 e. The van der Waals surface area contributed by atoms with Crippen molar-refractivity contribution in [3.05, 3.63) is 85.1 Å². The van der Waals surface area contributed by atoms with Gasteiger partial charge in [-0.2, -0.15) is 0 Å². The molecule has 1 amide bonds. The molecule has 2 unspecified atom stereocenters. The van der Waals surface area contributed by atoms with Crippen LogP contribution >= 0.6 is 0 Å². The standard InChI is InChI=1S/C38H63NO3/c1-3-5-7-9-11-13-15-17-19-21-23-25-27-29-31-33-37(41)36(35-40)39-38(42)34-32-30-28-26-24-22-20-18-16-14-12-10-8-6-4-2/h6,8,12,14-15,17-18,20,23-26,31,33,36-37,40-41H,3-5,7,9-11,13,16,19,21-22,27-30,32,34-35H2,1-2H3,(H,39,42)/b8-6-,14-12-,17-15+,20-18-,25-23+,26-24-,33-31+. The lowest BCUT2D eigenvalue weighted by molar-refractivity contribution is -0.123. The van der Waals surface area contributed by atoms with Crippen LogP contribution < -0.4 is 5.32 Å². The fraction of sp³-hybridized carbons (Fsp3) is 0.605. The van der Waals surface area contributed by atoms with Crippen LogP contribution in [0.2, 0.25) is 0 Å². The molecule has 238 valence electrons. The van der Waals surface area contributed by atoms with Gasteiger partial charge in [0.05, 0.1) is 18.8 Å². The third kappa shape index (κ3) is 29.1. The Kier molecular flexibility index (Phi) is 31.2. The van der Waals surface area contributed by atoms with Gasteiger partial charge in [0.1, 0.15) is 0 Å². The van der Waals surface area contributed by atoms with E-state index in [9.17, 15) is 15.0 Å². The van der Waals surface area contributed by atoms with Crippen molar-refractivity contribution in [1.82, 2.24) is 5.32 Å². The molecule has 0 saturated carbocycles. The van der Waals surface area contributed by atoms with Crippen molar-refractivity contribution < 1.29 is 15.0 Å². The van der Waals surface area contributed by atoms with Crippen LogP contribution in [0.4, 0.5) is 0 Å². The van der Waals surface area contributed by atoms with Crippen LogP contribution in [-0.2, 0) is 4.79 Å². The van der Waals surface area contributed by atoms with Gasteiger partial charge in [0, 0.05) is 6.42 Å². The number of rotatable bonds is 28. The first-order valence-electron chi connectivity index (χ1n) is 16.8. The van der Waals surface area contributed by atoms with Crippen LogP contribution in [0.3, 0.4) is 0 Å². The van der Waals surface area contributed by atoms with Gasteiger partial charge in [-0.05, 0) is 83.5 Å². The van der Waals surface area contributed by atoms with E-state index in [0.717, 1.165) is 70.6 Å². The molecule has 42 heavy (non-hydrogen) atoms. The maximum atomic E-state index is 12.3. The van der Waals surface area contributed by atoms with Gasteiger partial charge in [0.15, 0.2) is 0 Å². The molecule has 0 aliphatic heterocycles. The van der Waals surface area contributed by atoms with Crippen molar-refractivity contribution in [2.75, 3.05) is 6.61 Å². The second-order valence-electron chi connectivity index (χ2n) is 10.8. The van der Waals surface area contributed by atoms with Crippen molar-refractivity contribution in [3.63, 3.8) is 0 Å². The third-order valence-corrected chi connectivity index (χ3v) is 6.84. The van der Waals surface area contributed by atoms with Gasteiger partial charge in [-0.25, -0.2) is 0 Å². The van der Waals surface area contributed by atoms with Crippen molar-refractivity contribution in [1.29, 1.82) is 0 Å². The molecule has 4 nitrogen and oxygen atoms in total. The summed E-state index contributed by atoms with van der Waals surface area (Å²) in [5.41, 5.74) is 0. The van der Waals surface area contributed by atoms with Gasteiger partial charge in [0.25, 0.3) is 0 Å². The van der Waals surface area contributed by atoms with Gasteiger partial charge >= 0.3 is 0 Å². The molecule has 0 aromatic heterocycles. The summed E-state index contributed by atoms with van der Waals surface area (Å²) in [6.07, 6.45) is 48.0. The Balaban J connectivity index is 3.87. The number of aliphatic hydroxyl groups is 2. The zero-order valence-electron chi connectivity index (χ0n) is 27.0. The number of amides is 1. The Bertz CT molecular complexity index is 803. The fourth-order valence-electron chi connectivity index (χ4n) is 4.26. The normalized spacial score (nSPS) is 14.3. The highest BCUT2D eigenvalue weighted by molar-refractivity contribution is 5.76. The number of nitrogens with one attached hydrogen (secondary N) is 1. The number of carbonyl (C=O) groups is 1. The minimum atomic E-state index is -0.889. The highest BCUT2D eigenvalue weighted by Gasteiger charge is 2.17. The Morgan fingerprint density at radius 2 is 1.07 bits per heavy atom. The zero-order chi connectivity index (χ0) is 30.8. The van der Waals surface area contributed by atoms with Gasteiger partial charge in [-0.1, -0.05) is 125 Å². The van der Waals surface area contributed by atoms with E-state index in [1.165, 1.54) is 38.5 Å². The molecule has 0 saturated heterocycles. The number of allylic oxidation sites excluding steroid dienone is 13. The van der Waals surface area contributed by atoms with Gasteiger partial charge in [-0.3, -0.25) is 4.79 Å². The third-order valence-electron chi connectivity index (χ3n) is 6.84. The number of aliphatic hydroxyl groups excluding tert-OH is 2. The second-order valence-corrected chi connectivity index (χ2v) is 10.8. The number of hydrogen-bond acceptors (Lipinski definition) is 3. The van der Waals surface area contributed by atoms with E-state index in [0.29, 0.717) is 6.42 Å². The number of hydrogen-bond donors (Lipinski definition) is 3.